The maximum atomic E-state index is 4.64. The first-order valence-electron chi connectivity index (χ1n) is 9.93. The van der Waals surface area contributed by atoms with Gasteiger partial charge in [-0.2, -0.15) is 0 Å². The van der Waals surface area contributed by atoms with Crippen LogP contribution in [0.15, 0.2) is 107 Å². The predicted octanol–water partition coefficient (Wildman–Crippen LogP) is 4.63. The predicted molar refractivity (Wildman–Crippen MR) is 118 cm³/mol. The third-order valence-corrected chi connectivity index (χ3v) is 5.11. The lowest BCUT2D eigenvalue weighted by molar-refractivity contribution is 0.723. The van der Waals surface area contributed by atoms with Crippen LogP contribution in [0.2, 0.25) is 0 Å². The number of pyridine rings is 1. The van der Waals surface area contributed by atoms with Crippen molar-refractivity contribution in [1.29, 1.82) is 0 Å². The van der Waals surface area contributed by atoms with E-state index in [0.29, 0.717) is 11.5 Å². The number of allylic oxidation sites excluding steroid dienone is 13. The Morgan fingerprint density at radius 1 is 1.00 bits per heavy atom. The summed E-state index contributed by atoms with van der Waals surface area (Å²) in [5, 5.41) is 12.9. The second kappa shape index (κ2) is 8.21. The van der Waals surface area contributed by atoms with Crippen molar-refractivity contribution in [3.63, 3.8) is 0 Å². The van der Waals surface area contributed by atoms with Crippen molar-refractivity contribution in [2.45, 2.75) is 19.3 Å². The summed E-state index contributed by atoms with van der Waals surface area (Å²) in [6.07, 6.45) is 25.0. The molecule has 0 saturated carbocycles. The van der Waals surface area contributed by atoms with Crippen LogP contribution in [0.1, 0.15) is 19.3 Å². The van der Waals surface area contributed by atoms with Crippen LogP contribution in [0.4, 0.5) is 0 Å². The van der Waals surface area contributed by atoms with Crippen LogP contribution < -0.4 is 0 Å². The molecular weight excluding hydrogens is 372 g/mol. The molecule has 2 aromatic heterocycles. The van der Waals surface area contributed by atoms with E-state index in [1.165, 1.54) is 16.7 Å². The molecule has 6 heteroatoms. The fraction of sp³-hybridized carbons (Fsp3) is 0.125. The molecule has 1 aliphatic heterocycles. The number of aromatic nitrogens is 5. The average molecular weight is 392 g/mol. The highest BCUT2D eigenvalue weighted by molar-refractivity contribution is 6.03. The van der Waals surface area contributed by atoms with Crippen LogP contribution in [0.5, 0.6) is 0 Å². The van der Waals surface area contributed by atoms with E-state index < -0.39 is 0 Å². The summed E-state index contributed by atoms with van der Waals surface area (Å²) < 4.78 is 0. The summed E-state index contributed by atoms with van der Waals surface area (Å²) in [6.45, 7) is 0. The maximum absolute atomic E-state index is 4.64. The minimum Gasteiger partial charge on any atom is -0.261 e. The topological polar surface area (TPSA) is 68.8 Å². The second-order valence-electron chi connectivity index (χ2n) is 7.18. The van der Waals surface area contributed by atoms with Crippen LogP contribution in [0.3, 0.4) is 0 Å². The molecule has 2 aromatic rings. The number of tetrazole rings is 1. The van der Waals surface area contributed by atoms with Crippen molar-refractivity contribution >= 4 is 11.4 Å². The highest BCUT2D eigenvalue weighted by Gasteiger charge is 2.14. The summed E-state index contributed by atoms with van der Waals surface area (Å²) in [5.74, 6) is 0.521. The summed E-state index contributed by atoms with van der Waals surface area (Å²) in [6, 6.07) is 5.66. The number of aliphatic imine (C=N–C) groups is 1. The zero-order valence-corrected chi connectivity index (χ0v) is 16.4. The Morgan fingerprint density at radius 2 is 1.97 bits per heavy atom. The van der Waals surface area contributed by atoms with Gasteiger partial charge in [0.15, 0.2) is 0 Å². The molecule has 30 heavy (non-hydrogen) atoms. The molecule has 5 rings (SSSR count). The van der Waals surface area contributed by atoms with E-state index in [2.05, 4.69) is 61.8 Å². The highest BCUT2D eigenvalue weighted by Crippen LogP contribution is 2.26. The summed E-state index contributed by atoms with van der Waals surface area (Å²) in [5.41, 5.74) is 6.58. The Morgan fingerprint density at radius 3 is 2.90 bits per heavy atom. The molecule has 0 fully saturated rings. The minimum absolute atomic E-state index is 0.521. The standard InChI is InChI=1S/C24H20N6/c1-2-14-25-22(11-1)24-27-29-30(28-24)21-10-4-7-19(12-13-21)16-20-9-3-6-18-8-5-15-26-23(20)17-18/h1-12,14-15H,13,16-17H2. The summed E-state index contributed by atoms with van der Waals surface area (Å²) in [4.78, 5) is 10.5. The Bertz CT molecular complexity index is 1200. The molecule has 0 amide bonds. The lowest BCUT2D eigenvalue weighted by Gasteiger charge is -2.09. The molecule has 0 saturated heterocycles. The zero-order valence-electron chi connectivity index (χ0n) is 16.4. The summed E-state index contributed by atoms with van der Waals surface area (Å²) >= 11 is 0. The van der Waals surface area contributed by atoms with Gasteiger partial charge >= 0.3 is 0 Å². The van der Waals surface area contributed by atoms with E-state index in [9.17, 15) is 0 Å². The first-order chi connectivity index (χ1) is 14.8. The van der Waals surface area contributed by atoms with Gasteiger partial charge in [0, 0.05) is 31.0 Å². The van der Waals surface area contributed by atoms with Crippen molar-refractivity contribution in [2.24, 2.45) is 4.99 Å². The molecule has 0 aromatic carbocycles. The van der Waals surface area contributed by atoms with Crippen LogP contribution in [-0.2, 0) is 0 Å². The fourth-order valence-electron chi connectivity index (χ4n) is 3.54. The van der Waals surface area contributed by atoms with E-state index in [0.717, 1.165) is 30.7 Å². The maximum Gasteiger partial charge on any atom is 0.223 e. The molecule has 0 spiro atoms. The first kappa shape index (κ1) is 18.1. The number of hydrogen-bond acceptors (Lipinski definition) is 5. The molecule has 3 aliphatic rings. The van der Waals surface area contributed by atoms with Crippen LogP contribution in [0.25, 0.3) is 17.2 Å². The van der Waals surface area contributed by atoms with Gasteiger partial charge in [0.25, 0.3) is 0 Å². The molecule has 0 radical (unpaired) electrons. The Labute approximate surface area is 174 Å². The van der Waals surface area contributed by atoms with Crippen LogP contribution in [0, 0.1) is 0 Å². The Kier molecular flexibility index (Phi) is 4.96. The third-order valence-electron chi connectivity index (χ3n) is 5.11. The largest absolute Gasteiger partial charge is 0.261 e. The van der Waals surface area contributed by atoms with E-state index in [-0.39, 0.29) is 0 Å². The molecule has 146 valence electrons. The molecule has 6 nitrogen and oxygen atoms in total. The highest BCUT2D eigenvalue weighted by atomic mass is 15.6. The van der Waals surface area contributed by atoms with Gasteiger partial charge in [-0.3, -0.25) is 9.98 Å². The van der Waals surface area contributed by atoms with Crippen LogP contribution >= 0.6 is 0 Å². The van der Waals surface area contributed by atoms with E-state index in [1.54, 1.807) is 11.0 Å². The molecule has 0 unspecified atom stereocenters. The second-order valence-corrected chi connectivity index (χ2v) is 7.18. The van der Waals surface area contributed by atoms with Gasteiger partial charge in [0.2, 0.25) is 5.82 Å². The molecule has 2 aliphatic carbocycles. The van der Waals surface area contributed by atoms with E-state index >= 15 is 0 Å². The van der Waals surface area contributed by atoms with Crippen molar-refractivity contribution in [3.8, 4) is 11.5 Å². The third kappa shape index (κ3) is 3.93. The van der Waals surface area contributed by atoms with Crippen molar-refractivity contribution in [1.82, 2.24) is 25.2 Å². The molecule has 3 heterocycles. The van der Waals surface area contributed by atoms with E-state index in [1.807, 2.05) is 42.6 Å². The smallest absolute Gasteiger partial charge is 0.223 e. The van der Waals surface area contributed by atoms with Gasteiger partial charge < -0.3 is 0 Å². The fourth-order valence-corrected chi connectivity index (χ4v) is 3.54. The van der Waals surface area contributed by atoms with Gasteiger partial charge in [0.05, 0.1) is 5.70 Å². The minimum atomic E-state index is 0.521. The molecule has 2 bridgehead atoms. The van der Waals surface area contributed by atoms with Crippen molar-refractivity contribution in [3.05, 3.63) is 102 Å². The Hall–Kier alpha value is -3.93. The lowest BCUT2D eigenvalue weighted by Crippen LogP contribution is -2.03. The number of fused-ring (bicyclic) bond motifs is 2. The zero-order chi connectivity index (χ0) is 20.2. The number of rotatable bonds is 4. The molecule has 0 N–H and O–H groups in total. The van der Waals surface area contributed by atoms with Gasteiger partial charge in [-0.05, 0) is 52.6 Å². The van der Waals surface area contributed by atoms with E-state index in [4.69, 9.17) is 0 Å². The van der Waals surface area contributed by atoms with Gasteiger partial charge in [-0.15, -0.1) is 15.0 Å². The van der Waals surface area contributed by atoms with Gasteiger partial charge in [-0.25, -0.2) is 0 Å². The van der Waals surface area contributed by atoms with Gasteiger partial charge in [-0.1, -0.05) is 48.6 Å². The first-order valence-corrected chi connectivity index (χ1v) is 9.93. The van der Waals surface area contributed by atoms with Crippen molar-refractivity contribution in [2.75, 3.05) is 0 Å². The molecule has 0 atom stereocenters. The average Bonchev–Trinajstić information content (AvgIpc) is 2.93. The van der Waals surface area contributed by atoms with Crippen LogP contribution in [-0.4, -0.2) is 30.9 Å². The summed E-state index contributed by atoms with van der Waals surface area (Å²) in [7, 11) is 0. The molecular formula is C24H20N6. The Balaban J connectivity index is 1.32. The normalized spacial score (nSPS) is 17.8. The number of hydrogen-bond donors (Lipinski definition) is 0. The van der Waals surface area contributed by atoms with Gasteiger partial charge in [0.1, 0.15) is 5.69 Å². The number of nitrogens with zero attached hydrogens (tertiary/aromatic N) is 6. The quantitative estimate of drug-likeness (QED) is 0.760. The monoisotopic (exact) mass is 392 g/mol. The lowest BCUT2D eigenvalue weighted by atomic mass is 9.97. The SMILES string of the molecule is C1=CN=C2CC(=C1)C=CC=C2CC1=CCC(n2nnc(-c3ccccn3)n2)=CC=C1. The van der Waals surface area contributed by atoms with Crippen molar-refractivity contribution < 1.29 is 0 Å².